The Bertz CT molecular complexity index is 530. The highest BCUT2D eigenvalue weighted by atomic mass is 19.1. The Morgan fingerprint density at radius 3 is 2.94 bits per heavy atom. The summed E-state index contributed by atoms with van der Waals surface area (Å²) in [6.07, 6.45) is 2.38. The van der Waals surface area contributed by atoms with E-state index < -0.39 is 0 Å². The van der Waals surface area contributed by atoms with E-state index in [4.69, 9.17) is 0 Å². The Morgan fingerprint density at radius 2 is 2.25 bits per heavy atom. The van der Waals surface area contributed by atoms with Gasteiger partial charge in [-0.15, -0.1) is 0 Å². The average molecular weight is 219 g/mol. The molecule has 0 fully saturated rings. The number of hydrogen-bond acceptors (Lipinski definition) is 1. The summed E-state index contributed by atoms with van der Waals surface area (Å²) in [5.41, 5.74) is 1.86. The summed E-state index contributed by atoms with van der Waals surface area (Å²) >= 11 is 0. The first-order valence-corrected chi connectivity index (χ1v) is 5.34. The zero-order valence-electron chi connectivity index (χ0n) is 9.38. The molecule has 2 nitrogen and oxygen atoms in total. The summed E-state index contributed by atoms with van der Waals surface area (Å²) in [4.78, 5) is 14.1. The number of aromatic nitrogens is 1. The first-order valence-electron chi connectivity index (χ1n) is 5.34. The predicted molar refractivity (Wildman–Crippen MR) is 62.0 cm³/mol. The molecule has 1 heterocycles. The van der Waals surface area contributed by atoms with Gasteiger partial charge in [-0.2, -0.15) is 0 Å². The van der Waals surface area contributed by atoms with E-state index in [-0.39, 0.29) is 17.5 Å². The number of carbonyl (C=O) groups excluding carboxylic acids is 1. The molecule has 2 aromatic rings. The third-order valence-electron chi connectivity index (χ3n) is 2.80. The first-order chi connectivity index (χ1) is 7.58. The molecular weight excluding hydrogens is 205 g/mol. The number of fused-ring (bicyclic) bond motifs is 1. The van der Waals surface area contributed by atoms with Crippen molar-refractivity contribution in [2.24, 2.45) is 0 Å². The van der Waals surface area contributed by atoms with Crippen LogP contribution in [0.1, 0.15) is 31.7 Å². The van der Waals surface area contributed by atoms with Crippen molar-refractivity contribution < 1.29 is 9.18 Å². The van der Waals surface area contributed by atoms with E-state index in [0.717, 1.165) is 16.5 Å². The van der Waals surface area contributed by atoms with E-state index in [9.17, 15) is 9.18 Å². The van der Waals surface area contributed by atoms with E-state index in [1.165, 1.54) is 12.1 Å². The number of halogens is 1. The number of ketones is 1. The Kier molecular flexibility index (Phi) is 2.77. The van der Waals surface area contributed by atoms with Crippen molar-refractivity contribution in [3.05, 3.63) is 35.8 Å². The van der Waals surface area contributed by atoms with Crippen LogP contribution < -0.4 is 0 Å². The maximum absolute atomic E-state index is 13.0. The van der Waals surface area contributed by atoms with Crippen molar-refractivity contribution >= 4 is 16.7 Å². The van der Waals surface area contributed by atoms with Gasteiger partial charge in [-0.1, -0.05) is 6.92 Å². The number of hydrogen-bond donors (Lipinski definition) is 1. The fourth-order valence-electron chi connectivity index (χ4n) is 2.07. The second-order valence-corrected chi connectivity index (χ2v) is 4.24. The maximum atomic E-state index is 13.0. The molecule has 0 amide bonds. The average Bonchev–Trinajstić information content (AvgIpc) is 2.59. The van der Waals surface area contributed by atoms with Crippen LogP contribution >= 0.6 is 0 Å². The summed E-state index contributed by atoms with van der Waals surface area (Å²) < 4.78 is 13.0. The third kappa shape index (κ3) is 1.98. The molecule has 1 aromatic heterocycles. The van der Waals surface area contributed by atoms with Crippen LogP contribution in [0.15, 0.2) is 24.4 Å². The zero-order chi connectivity index (χ0) is 11.7. The highest BCUT2D eigenvalue weighted by Gasteiger charge is 2.13. The van der Waals surface area contributed by atoms with Crippen LogP contribution in [0.3, 0.4) is 0 Å². The normalized spacial score (nSPS) is 12.9. The molecule has 0 saturated carbocycles. The summed E-state index contributed by atoms with van der Waals surface area (Å²) in [5, 5.41) is 0.996. The highest BCUT2D eigenvalue weighted by molar-refractivity contribution is 5.85. The minimum atomic E-state index is -0.250. The molecule has 0 bridgehead atoms. The fraction of sp³-hybridized carbons (Fsp3) is 0.308. The molecule has 16 heavy (non-hydrogen) atoms. The third-order valence-corrected chi connectivity index (χ3v) is 2.80. The summed E-state index contributed by atoms with van der Waals surface area (Å²) in [6.45, 7) is 3.60. The van der Waals surface area contributed by atoms with Gasteiger partial charge in [0.25, 0.3) is 0 Å². The lowest BCUT2D eigenvalue weighted by Crippen LogP contribution is -1.99. The quantitative estimate of drug-likeness (QED) is 0.843. The van der Waals surface area contributed by atoms with Crippen molar-refractivity contribution in [3.8, 4) is 0 Å². The summed E-state index contributed by atoms with van der Waals surface area (Å²) in [5.74, 6) is 0.0841. The predicted octanol–water partition coefficient (Wildman–Crippen LogP) is 3.39. The number of H-pyrrole nitrogens is 1. The van der Waals surface area contributed by atoms with Gasteiger partial charge in [0.05, 0.1) is 0 Å². The van der Waals surface area contributed by atoms with Gasteiger partial charge in [0.2, 0.25) is 0 Å². The number of carbonyl (C=O) groups is 1. The standard InChI is InChI=1S/C13H14FNO/c1-8(5-9(2)16)12-7-15-13-6-10(14)3-4-11(12)13/h3-4,6-8,15H,5H2,1-2H3. The number of nitrogens with one attached hydrogen (secondary N) is 1. The van der Waals surface area contributed by atoms with E-state index in [0.29, 0.717) is 6.42 Å². The molecule has 3 heteroatoms. The minimum absolute atomic E-state index is 0.164. The van der Waals surface area contributed by atoms with E-state index in [2.05, 4.69) is 4.98 Å². The Morgan fingerprint density at radius 1 is 1.50 bits per heavy atom. The van der Waals surface area contributed by atoms with Crippen LogP contribution in [0.4, 0.5) is 4.39 Å². The molecule has 1 atom stereocenters. The van der Waals surface area contributed by atoms with Gasteiger partial charge in [-0.05, 0) is 36.6 Å². The number of benzene rings is 1. The van der Waals surface area contributed by atoms with Crippen molar-refractivity contribution in [2.45, 2.75) is 26.2 Å². The molecule has 1 N–H and O–H groups in total. The van der Waals surface area contributed by atoms with E-state index in [1.54, 1.807) is 13.0 Å². The maximum Gasteiger partial charge on any atom is 0.130 e. The summed E-state index contributed by atoms with van der Waals surface area (Å²) in [6, 6.07) is 4.67. The van der Waals surface area contributed by atoms with Crippen LogP contribution in [-0.4, -0.2) is 10.8 Å². The largest absolute Gasteiger partial charge is 0.361 e. The fourth-order valence-corrected chi connectivity index (χ4v) is 2.07. The molecule has 2 rings (SSSR count). The SMILES string of the molecule is CC(=O)CC(C)c1c[nH]c2cc(F)ccc12. The lowest BCUT2D eigenvalue weighted by atomic mass is 9.96. The molecule has 0 radical (unpaired) electrons. The lowest BCUT2D eigenvalue weighted by molar-refractivity contribution is -0.117. The van der Waals surface area contributed by atoms with Crippen molar-refractivity contribution in [2.75, 3.05) is 0 Å². The van der Waals surface area contributed by atoms with Crippen LogP contribution in [0, 0.1) is 5.82 Å². The molecule has 0 aliphatic rings. The lowest BCUT2D eigenvalue weighted by Gasteiger charge is -2.07. The van der Waals surface area contributed by atoms with Crippen molar-refractivity contribution in [3.63, 3.8) is 0 Å². The van der Waals surface area contributed by atoms with Crippen LogP contribution in [0.25, 0.3) is 10.9 Å². The Balaban J connectivity index is 2.41. The molecule has 0 saturated heterocycles. The van der Waals surface area contributed by atoms with Gasteiger partial charge in [0.15, 0.2) is 0 Å². The van der Waals surface area contributed by atoms with Gasteiger partial charge >= 0.3 is 0 Å². The molecule has 0 spiro atoms. The second kappa shape index (κ2) is 4.08. The zero-order valence-corrected chi connectivity index (χ0v) is 9.38. The highest BCUT2D eigenvalue weighted by Crippen LogP contribution is 2.28. The van der Waals surface area contributed by atoms with Gasteiger partial charge in [-0.3, -0.25) is 0 Å². The smallest absolute Gasteiger partial charge is 0.130 e. The van der Waals surface area contributed by atoms with Gasteiger partial charge in [0, 0.05) is 23.5 Å². The second-order valence-electron chi connectivity index (χ2n) is 4.24. The van der Waals surface area contributed by atoms with Crippen LogP contribution in [0.2, 0.25) is 0 Å². The molecule has 0 aliphatic heterocycles. The molecule has 1 aromatic carbocycles. The van der Waals surface area contributed by atoms with Crippen LogP contribution in [-0.2, 0) is 4.79 Å². The first kappa shape index (κ1) is 10.9. The van der Waals surface area contributed by atoms with Crippen LogP contribution in [0.5, 0.6) is 0 Å². The van der Waals surface area contributed by atoms with Gasteiger partial charge < -0.3 is 9.78 Å². The minimum Gasteiger partial charge on any atom is -0.361 e. The molecule has 1 unspecified atom stereocenters. The summed E-state index contributed by atoms with van der Waals surface area (Å²) in [7, 11) is 0. The topological polar surface area (TPSA) is 32.9 Å². The number of rotatable bonds is 3. The molecule has 0 aliphatic carbocycles. The van der Waals surface area contributed by atoms with Crippen molar-refractivity contribution in [1.29, 1.82) is 0 Å². The Labute approximate surface area is 93.5 Å². The molecular formula is C13H14FNO. The van der Waals surface area contributed by atoms with E-state index >= 15 is 0 Å². The van der Waals surface area contributed by atoms with Gasteiger partial charge in [-0.25, -0.2) is 4.39 Å². The molecule has 84 valence electrons. The Hall–Kier alpha value is -1.64. The van der Waals surface area contributed by atoms with Gasteiger partial charge in [0.1, 0.15) is 11.6 Å². The van der Waals surface area contributed by atoms with Crippen molar-refractivity contribution in [1.82, 2.24) is 4.98 Å². The monoisotopic (exact) mass is 219 g/mol. The van der Waals surface area contributed by atoms with E-state index in [1.807, 2.05) is 13.1 Å². The number of Topliss-reactive ketones (excluding diaryl/α,β-unsaturated/α-hetero) is 1. The number of aromatic amines is 1.